The summed E-state index contributed by atoms with van der Waals surface area (Å²) >= 11 is 0. The lowest BCUT2D eigenvalue weighted by molar-refractivity contribution is -0.128. The third kappa shape index (κ3) is 6.45. The number of tetrazole rings is 1. The Bertz CT molecular complexity index is 1490. The average molecular weight is 551 g/mol. The quantitative estimate of drug-likeness (QED) is 0.331. The maximum atomic E-state index is 14.0. The zero-order valence-corrected chi connectivity index (χ0v) is 23.1. The van der Waals surface area contributed by atoms with Gasteiger partial charge < -0.3 is 19.2 Å². The van der Waals surface area contributed by atoms with E-state index >= 15 is 0 Å². The lowest BCUT2D eigenvalue weighted by Gasteiger charge is -2.32. The minimum atomic E-state index is -1.18. The fourth-order valence-electron chi connectivity index (χ4n) is 4.05. The van der Waals surface area contributed by atoms with Crippen LogP contribution >= 0.6 is 0 Å². The number of hydrogen-bond donors (Lipinski definition) is 1. The van der Waals surface area contributed by atoms with Gasteiger partial charge in [-0.2, -0.15) is 4.80 Å². The monoisotopic (exact) mass is 550 g/mol. The number of carbonyl (C=O) groups is 2. The number of anilines is 1. The van der Waals surface area contributed by atoms with Crippen LogP contribution in [-0.4, -0.2) is 51.8 Å². The van der Waals surface area contributed by atoms with E-state index in [9.17, 15) is 14.0 Å². The van der Waals surface area contributed by atoms with Crippen LogP contribution in [0.4, 0.5) is 10.1 Å². The highest BCUT2D eigenvalue weighted by molar-refractivity contribution is 6.01. The predicted octanol–water partition coefficient (Wildman–Crippen LogP) is 4.09. The van der Waals surface area contributed by atoms with E-state index < -0.39 is 29.2 Å². The topological polar surface area (TPSA) is 125 Å². The Kier molecular flexibility index (Phi) is 8.17. The van der Waals surface area contributed by atoms with Crippen molar-refractivity contribution in [1.82, 2.24) is 25.5 Å². The van der Waals surface area contributed by atoms with Crippen molar-refractivity contribution in [2.75, 3.05) is 19.1 Å². The first-order chi connectivity index (χ1) is 19.0. The van der Waals surface area contributed by atoms with Crippen molar-refractivity contribution in [2.45, 2.75) is 45.8 Å². The molecule has 0 saturated heterocycles. The van der Waals surface area contributed by atoms with Crippen molar-refractivity contribution in [3.05, 3.63) is 71.9 Å². The van der Waals surface area contributed by atoms with Gasteiger partial charge in [0.1, 0.15) is 23.9 Å². The van der Waals surface area contributed by atoms with E-state index in [1.807, 2.05) is 20.8 Å². The summed E-state index contributed by atoms with van der Waals surface area (Å²) in [6.45, 7) is 6.92. The lowest BCUT2D eigenvalue weighted by atomic mass is 10.1. The van der Waals surface area contributed by atoms with Gasteiger partial charge in [0, 0.05) is 22.9 Å². The molecule has 0 aliphatic heterocycles. The third-order valence-corrected chi connectivity index (χ3v) is 5.78. The molecule has 1 atom stereocenters. The molecule has 1 N–H and O–H groups in total. The summed E-state index contributed by atoms with van der Waals surface area (Å²) in [6.07, 6.45) is 0. The normalized spacial score (nSPS) is 12.1. The fourth-order valence-corrected chi connectivity index (χ4v) is 4.05. The summed E-state index contributed by atoms with van der Waals surface area (Å²) in [5.74, 6) is 0.484. The van der Waals surface area contributed by atoms with Gasteiger partial charge in [-0.3, -0.25) is 14.5 Å². The predicted molar refractivity (Wildman–Crippen MR) is 144 cm³/mol. The fraction of sp³-hybridized carbons (Fsp3) is 0.321. The SMILES string of the molecule is COc1ccc(N(C(=O)Cn2nnc(-c3ccc(F)cc3)n2)[C@H](C(=O)NC(C)(C)C)c2ccc(C)o2)cc1OC. The first kappa shape index (κ1) is 28.3. The summed E-state index contributed by atoms with van der Waals surface area (Å²) in [5, 5.41) is 15.2. The maximum absolute atomic E-state index is 14.0. The highest BCUT2D eigenvalue weighted by Gasteiger charge is 2.37. The van der Waals surface area contributed by atoms with Gasteiger partial charge in [-0.05, 0) is 81.4 Å². The average Bonchev–Trinajstić information content (AvgIpc) is 3.54. The van der Waals surface area contributed by atoms with Crippen LogP contribution in [0.5, 0.6) is 11.5 Å². The Labute approximate surface area is 230 Å². The van der Waals surface area contributed by atoms with Crippen LogP contribution in [0.3, 0.4) is 0 Å². The van der Waals surface area contributed by atoms with Crippen molar-refractivity contribution < 1.29 is 27.9 Å². The van der Waals surface area contributed by atoms with Crippen LogP contribution in [-0.2, 0) is 16.1 Å². The van der Waals surface area contributed by atoms with Crippen LogP contribution in [0.25, 0.3) is 11.4 Å². The summed E-state index contributed by atoms with van der Waals surface area (Å²) < 4.78 is 30.0. The molecule has 2 amide bonds. The molecular formula is C28H31FN6O5. The molecule has 4 aromatic rings. The Balaban J connectivity index is 1.77. The smallest absolute Gasteiger partial charge is 0.251 e. The van der Waals surface area contributed by atoms with Gasteiger partial charge in [0.15, 0.2) is 17.5 Å². The molecule has 2 aromatic carbocycles. The second kappa shape index (κ2) is 11.6. The molecule has 0 saturated carbocycles. The van der Waals surface area contributed by atoms with Crippen LogP contribution < -0.4 is 19.7 Å². The van der Waals surface area contributed by atoms with Crippen molar-refractivity contribution in [2.24, 2.45) is 0 Å². The molecule has 0 aliphatic carbocycles. The van der Waals surface area contributed by atoms with Crippen LogP contribution in [0.1, 0.15) is 38.3 Å². The number of aromatic nitrogens is 4. The molecule has 11 nitrogen and oxygen atoms in total. The van der Waals surface area contributed by atoms with E-state index in [0.717, 1.165) is 4.80 Å². The summed E-state index contributed by atoms with van der Waals surface area (Å²) in [6, 6.07) is 12.7. The number of amides is 2. The number of ether oxygens (including phenoxy) is 2. The molecule has 210 valence electrons. The van der Waals surface area contributed by atoms with Gasteiger partial charge in [0.2, 0.25) is 5.82 Å². The summed E-state index contributed by atoms with van der Waals surface area (Å²) in [7, 11) is 2.98. The van der Waals surface area contributed by atoms with Crippen molar-refractivity contribution >= 4 is 17.5 Å². The van der Waals surface area contributed by atoms with Gasteiger partial charge in [-0.25, -0.2) is 4.39 Å². The number of halogens is 1. The Morgan fingerprint density at radius 2 is 1.75 bits per heavy atom. The molecule has 2 heterocycles. The number of nitrogens with zero attached hydrogens (tertiary/aromatic N) is 5. The molecule has 4 rings (SSSR count). The van der Waals surface area contributed by atoms with E-state index in [2.05, 4.69) is 20.7 Å². The van der Waals surface area contributed by atoms with E-state index in [0.29, 0.717) is 28.5 Å². The first-order valence-electron chi connectivity index (χ1n) is 12.5. The highest BCUT2D eigenvalue weighted by Crippen LogP contribution is 2.36. The molecule has 40 heavy (non-hydrogen) atoms. The van der Waals surface area contributed by atoms with E-state index in [1.165, 1.54) is 43.4 Å². The highest BCUT2D eigenvalue weighted by atomic mass is 19.1. The molecule has 0 radical (unpaired) electrons. The van der Waals surface area contributed by atoms with Gasteiger partial charge in [0.05, 0.1) is 14.2 Å². The number of furan rings is 1. The second-order valence-corrected chi connectivity index (χ2v) is 10.0. The van der Waals surface area contributed by atoms with Gasteiger partial charge in [-0.15, -0.1) is 10.2 Å². The second-order valence-electron chi connectivity index (χ2n) is 10.0. The van der Waals surface area contributed by atoms with Crippen LogP contribution in [0, 0.1) is 12.7 Å². The van der Waals surface area contributed by atoms with Crippen LogP contribution in [0.2, 0.25) is 0 Å². The van der Waals surface area contributed by atoms with Crippen molar-refractivity contribution in [3.8, 4) is 22.9 Å². The minimum absolute atomic E-state index is 0.217. The van der Waals surface area contributed by atoms with Crippen LogP contribution in [0.15, 0.2) is 59.0 Å². The lowest BCUT2D eigenvalue weighted by Crippen LogP contribution is -2.50. The largest absolute Gasteiger partial charge is 0.493 e. The zero-order chi connectivity index (χ0) is 29.0. The molecule has 0 fully saturated rings. The number of methoxy groups -OCH3 is 2. The zero-order valence-electron chi connectivity index (χ0n) is 23.1. The molecule has 2 aromatic heterocycles. The Hall–Kier alpha value is -4.74. The Morgan fingerprint density at radius 3 is 2.35 bits per heavy atom. The number of nitrogens with one attached hydrogen (secondary N) is 1. The molecule has 0 aliphatic rings. The number of carbonyl (C=O) groups excluding carboxylic acids is 2. The van der Waals surface area contributed by atoms with E-state index in [4.69, 9.17) is 13.9 Å². The van der Waals surface area contributed by atoms with E-state index in [-0.39, 0.29) is 18.1 Å². The number of rotatable bonds is 9. The van der Waals surface area contributed by atoms with E-state index in [1.54, 1.807) is 37.3 Å². The van der Waals surface area contributed by atoms with Gasteiger partial charge >= 0.3 is 0 Å². The first-order valence-corrected chi connectivity index (χ1v) is 12.5. The standard InChI is InChI=1S/C28H31FN6O5/c1-17-7-13-22(40-17)25(27(37)30-28(2,3)4)35(20-12-14-21(38-5)23(15-20)39-6)24(36)16-34-32-26(31-33-34)18-8-10-19(29)11-9-18/h7-15,25H,16H2,1-6H3,(H,30,37)/t25-/m0/s1. The summed E-state index contributed by atoms with van der Waals surface area (Å²) in [4.78, 5) is 30.2. The maximum Gasteiger partial charge on any atom is 0.251 e. The molecule has 12 heteroatoms. The molecule has 0 unspecified atom stereocenters. The molecule has 0 bridgehead atoms. The summed E-state index contributed by atoms with van der Waals surface area (Å²) in [5.41, 5.74) is 0.288. The molecular weight excluding hydrogens is 519 g/mol. The minimum Gasteiger partial charge on any atom is -0.493 e. The van der Waals surface area contributed by atoms with Crippen molar-refractivity contribution in [1.29, 1.82) is 0 Å². The third-order valence-electron chi connectivity index (χ3n) is 5.78. The molecule has 0 spiro atoms. The van der Waals surface area contributed by atoms with Gasteiger partial charge in [0.25, 0.3) is 11.8 Å². The Morgan fingerprint density at radius 1 is 1.05 bits per heavy atom. The number of benzene rings is 2. The number of hydrogen-bond acceptors (Lipinski definition) is 8. The number of aryl methyl sites for hydroxylation is 1. The van der Waals surface area contributed by atoms with Crippen molar-refractivity contribution in [3.63, 3.8) is 0 Å². The van der Waals surface area contributed by atoms with Gasteiger partial charge in [-0.1, -0.05) is 0 Å².